The Hall–Kier alpha value is -2.02. The number of halogens is 1. The van der Waals surface area contributed by atoms with Crippen molar-refractivity contribution >= 4 is 29.4 Å². The standard InChI is InChI=1S/C22H35ClN4O3/c1-9-15(4)17(23)24-18-16(10-2)25(8)19(28)22(11-3)14-26(12-13-27(18)22)20(29)30-21(5,6)7/h10H,9,11-14H2,1-8H3/b16-10+,17-15+,24-18+. The number of piperazine rings is 2. The zero-order valence-corrected chi connectivity index (χ0v) is 20.3. The first-order valence-electron chi connectivity index (χ1n) is 10.6. The van der Waals surface area contributed by atoms with Crippen LogP contribution in [0.1, 0.15) is 61.3 Å². The summed E-state index contributed by atoms with van der Waals surface area (Å²) in [6.07, 6.45) is 2.79. The fourth-order valence-corrected chi connectivity index (χ4v) is 4.04. The molecule has 0 aromatic rings. The molecule has 2 fully saturated rings. The Labute approximate surface area is 185 Å². The molecule has 0 aromatic carbocycles. The summed E-state index contributed by atoms with van der Waals surface area (Å²) in [5.41, 5.74) is 0.194. The number of carbonyl (C=O) groups excluding carboxylic acids is 2. The Bertz CT molecular complexity index is 797. The number of nitrogens with zero attached hydrogens (tertiary/aromatic N) is 4. The molecule has 0 saturated carbocycles. The third-order valence-corrected chi connectivity index (χ3v) is 6.12. The van der Waals surface area contributed by atoms with Gasteiger partial charge >= 0.3 is 6.09 Å². The molecule has 168 valence electrons. The molecule has 2 aliphatic rings. The lowest BCUT2D eigenvalue weighted by atomic mass is 9.85. The van der Waals surface area contributed by atoms with Gasteiger partial charge in [0.25, 0.3) is 5.91 Å². The van der Waals surface area contributed by atoms with Gasteiger partial charge < -0.3 is 19.4 Å². The molecule has 0 radical (unpaired) electrons. The number of aliphatic imine (C=N–C) groups is 1. The van der Waals surface area contributed by atoms with E-state index < -0.39 is 17.2 Å². The van der Waals surface area contributed by atoms with Crippen LogP contribution in [0.4, 0.5) is 4.79 Å². The van der Waals surface area contributed by atoms with Crippen molar-refractivity contribution in [2.24, 2.45) is 4.99 Å². The Morgan fingerprint density at radius 2 is 1.93 bits per heavy atom. The normalized spacial score (nSPS) is 26.2. The highest BCUT2D eigenvalue weighted by molar-refractivity contribution is 6.30. The Kier molecular flexibility index (Phi) is 7.28. The van der Waals surface area contributed by atoms with E-state index in [1.807, 2.05) is 59.4 Å². The van der Waals surface area contributed by atoms with Crippen LogP contribution < -0.4 is 0 Å². The second kappa shape index (κ2) is 9.00. The van der Waals surface area contributed by atoms with Gasteiger partial charge in [-0.15, -0.1) is 0 Å². The molecule has 2 heterocycles. The number of fused-ring (bicyclic) bond motifs is 1. The summed E-state index contributed by atoms with van der Waals surface area (Å²) >= 11 is 6.49. The molecule has 0 aliphatic carbocycles. The van der Waals surface area contributed by atoms with Gasteiger partial charge in [0.15, 0.2) is 5.84 Å². The number of hydrogen-bond donors (Lipinski definition) is 0. The maximum absolute atomic E-state index is 13.5. The fourth-order valence-electron chi connectivity index (χ4n) is 3.83. The SMILES string of the molecule is C\C=C1/C(=N\C(Cl)=C(/C)CC)N2CCN(C(=O)OC(C)(C)C)CC2(CC)C(=O)N1C. The van der Waals surface area contributed by atoms with E-state index in [9.17, 15) is 9.59 Å². The lowest BCUT2D eigenvalue weighted by Crippen LogP contribution is -2.74. The van der Waals surface area contributed by atoms with E-state index in [-0.39, 0.29) is 12.5 Å². The minimum Gasteiger partial charge on any atom is -0.444 e. The lowest BCUT2D eigenvalue weighted by molar-refractivity contribution is -0.144. The predicted octanol–water partition coefficient (Wildman–Crippen LogP) is 4.34. The highest BCUT2D eigenvalue weighted by Gasteiger charge is 2.55. The van der Waals surface area contributed by atoms with Crippen molar-refractivity contribution in [1.29, 1.82) is 0 Å². The van der Waals surface area contributed by atoms with Gasteiger partial charge in [0.2, 0.25) is 0 Å². The Morgan fingerprint density at radius 3 is 2.43 bits per heavy atom. The van der Waals surface area contributed by atoms with Crippen LogP contribution in [-0.4, -0.2) is 70.4 Å². The quantitative estimate of drug-likeness (QED) is 0.614. The zero-order valence-electron chi connectivity index (χ0n) is 19.5. The van der Waals surface area contributed by atoms with Crippen molar-refractivity contribution in [3.8, 4) is 0 Å². The number of allylic oxidation sites excluding steroid dienone is 2. The summed E-state index contributed by atoms with van der Waals surface area (Å²) in [6.45, 7) is 14.5. The molecule has 2 rings (SSSR count). The third-order valence-electron chi connectivity index (χ3n) is 5.71. The van der Waals surface area contributed by atoms with E-state index >= 15 is 0 Å². The summed E-state index contributed by atoms with van der Waals surface area (Å²) in [5.74, 6) is 0.612. The summed E-state index contributed by atoms with van der Waals surface area (Å²) in [6, 6.07) is 0. The largest absolute Gasteiger partial charge is 0.444 e. The fraction of sp³-hybridized carbons (Fsp3) is 0.682. The van der Waals surface area contributed by atoms with Crippen LogP contribution in [0.25, 0.3) is 0 Å². The smallest absolute Gasteiger partial charge is 0.410 e. The van der Waals surface area contributed by atoms with E-state index in [0.717, 1.165) is 17.7 Å². The number of hydrogen-bond acceptors (Lipinski definition) is 4. The van der Waals surface area contributed by atoms with E-state index in [2.05, 4.69) is 0 Å². The summed E-state index contributed by atoms with van der Waals surface area (Å²) < 4.78 is 5.56. The second-order valence-electron chi connectivity index (χ2n) is 8.84. The van der Waals surface area contributed by atoms with E-state index in [1.54, 1.807) is 16.8 Å². The van der Waals surface area contributed by atoms with Crippen molar-refractivity contribution in [1.82, 2.24) is 14.7 Å². The van der Waals surface area contributed by atoms with Gasteiger partial charge in [0, 0.05) is 20.1 Å². The van der Waals surface area contributed by atoms with Gasteiger partial charge in [-0.2, -0.15) is 0 Å². The van der Waals surface area contributed by atoms with Crippen LogP contribution in [-0.2, 0) is 9.53 Å². The number of amides is 2. The Balaban J connectivity index is 2.53. The van der Waals surface area contributed by atoms with Gasteiger partial charge in [0.1, 0.15) is 16.3 Å². The molecule has 2 aliphatic heterocycles. The molecule has 0 N–H and O–H groups in total. The van der Waals surface area contributed by atoms with Crippen molar-refractivity contribution in [3.63, 3.8) is 0 Å². The highest BCUT2D eigenvalue weighted by atomic mass is 35.5. The molecule has 0 aromatic heterocycles. The van der Waals surface area contributed by atoms with Gasteiger partial charge in [-0.05, 0) is 53.0 Å². The van der Waals surface area contributed by atoms with Crippen molar-refractivity contribution in [2.45, 2.75) is 72.4 Å². The molecule has 30 heavy (non-hydrogen) atoms. The minimum absolute atomic E-state index is 0.0578. The molecule has 7 nitrogen and oxygen atoms in total. The first kappa shape index (κ1) is 24.3. The molecule has 8 heteroatoms. The molecule has 2 saturated heterocycles. The lowest BCUT2D eigenvalue weighted by Gasteiger charge is -2.55. The highest BCUT2D eigenvalue weighted by Crippen LogP contribution is 2.36. The summed E-state index contributed by atoms with van der Waals surface area (Å²) in [4.78, 5) is 36.3. The molecular weight excluding hydrogens is 404 g/mol. The average molecular weight is 439 g/mol. The van der Waals surface area contributed by atoms with Crippen LogP contribution in [0.15, 0.2) is 27.5 Å². The number of amidine groups is 1. The van der Waals surface area contributed by atoms with Crippen molar-refractivity contribution in [3.05, 3.63) is 22.5 Å². The van der Waals surface area contributed by atoms with Gasteiger partial charge in [-0.1, -0.05) is 31.5 Å². The molecule has 0 spiro atoms. The van der Waals surface area contributed by atoms with Crippen LogP contribution in [0, 0.1) is 0 Å². The van der Waals surface area contributed by atoms with Gasteiger partial charge in [-0.3, -0.25) is 4.79 Å². The molecule has 1 atom stereocenters. The molecule has 2 amide bonds. The Morgan fingerprint density at radius 1 is 1.30 bits per heavy atom. The van der Waals surface area contributed by atoms with E-state index in [4.69, 9.17) is 21.3 Å². The summed E-state index contributed by atoms with van der Waals surface area (Å²) in [5, 5.41) is 0.439. The van der Waals surface area contributed by atoms with Crippen LogP contribution >= 0.6 is 11.6 Å². The van der Waals surface area contributed by atoms with E-state index in [1.165, 1.54) is 0 Å². The van der Waals surface area contributed by atoms with Crippen LogP contribution in [0.3, 0.4) is 0 Å². The maximum atomic E-state index is 13.5. The molecule has 0 bridgehead atoms. The number of likely N-dealkylation sites (N-methyl/N-ethyl adjacent to an activating group) is 1. The van der Waals surface area contributed by atoms with Gasteiger partial charge in [0.05, 0.1) is 12.2 Å². The molecular formula is C22H35ClN4O3. The zero-order chi connectivity index (χ0) is 22.9. The summed E-state index contributed by atoms with van der Waals surface area (Å²) in [7, 11) is 1.75. The minimum atomic E-state index is -0.910. The predicted molar refractivity (Wildman–Crippen MR) is 120 cm³/mol. The van der Waals surface area contributed by atoms with Crippen LogP contribution in [0.5, 0.6) is 0 Å². The third kappa shape index (κ3) is 4.51. The number of ether oxygens (including phenoxy) is 1. The van der Waals surface area contributed by atoms with Crippen molar-refractivity contribution < 1.29 is 14.3 Å². The maximum Gasteiger partial charge on any atom is 0.410 e. The first-order valence-corrected chi connectivity index (χ1v) is 10.9. The monoisotopic (exact) mass is 438 g/mol. The first-order chi connectivity index (χ1) is 13.9. The second-order valence-corrected chi connectivity index (χ2v) is 9.19. The number of rotatable bonds is 3. The van der Waals surface area contributed by atoms with Crippen LogP contribution in [0.2, 0.25) is 0 Å². The van der Waals surface area contributed by atoms with E-state index in [0.29, 0.717) is 30.5 Å². The van der Waals surface area contributed by atoms with Crippen molar-refractivity contribution in [2.75, 3.05) is 26.7 Å². The number of carbonyl (C=O) groups is 2. The molecule has 1 unspecified atom stereocenters. The van der Waals surface area contributed by atoms with Gasteiger partial charge in [-0.25, -0.2) is 9.79 Å². The topological polar surface area (TPSA) is 65.5 Å². The average Bonchev–Trinajstić information content (AvgIpc) is 2.69.